The van der Waals surface area contributed by atoms with E-state index in [0.717, 1.165) is 5.56 Å². The first-order valence-corrected chi connectivity index (χ1v) is 2.58. The van der Waals surface area contributed by atoms with Crippen LogP contribution in [0.5, 0.6) is 0 Å². The maximum Gasteiger partial charge on any atom is 1.00 e. The van der Waals surface area contributed by atoms with Gasteiger partial charge in [0.1, 0.15) is 0 Å². The minimum atomic E-state index is 0. The molecule has 0 aromatic heterocycles. The van der Waals surface area contributed by atoms with Crippen molar-refractivity contribution in [3.63, 3.8) is 0 Å². The first-order valence-electron chi connectivity index (χ1n) is 2.58. The van der Waals surface area contributed by atoms with E-state index < -0.39 is 0 Å². The molecule has 0 heterocycles. The average molecular weight is 132 g/mol. The van der Waals surface area contributed by atoms with Gasteiger partial charge in [0.25, 0.3) is 0 Å². The van der Waals surface area contributed by atoms with E-state index in [9.17, 15) is 0 Å². The Kier molecular flexibility index (Phi) is 5.10. The molecule has 0 spiro atoms. The third-order valence-corrected chi connectivity index (χ3v) is 1.03. The molecule has 0 saturated carbocycles. The van der Waals surface area contributed by atoms with Crippen LogP contribution in [0, 0.1) is 0 Å². The van der Waals surface area contributed by atoms with E-state index in [2.05, 4.69) is 0 Å². The second-order valence-corrected chi connectivity index (χ2v) is 1.64. The fraction of sp³-hybridized carbons (Fsp3) is 0.143. The molecule has 9 heavy (non-hydrogen) atoms. The average Bonchev–Trinajstić information content (AvgIpc) is 1.90. The summed E-state index contributed by atoms with van der Waals surface area (Å²) in [5, 5.41) is 8.54. The molecule has 1 N–H and O–H groups in total. The summed E-state index contributed by atoms with van der Waals surface area (Å²) in [5.41, 5.74) is 0.965. The van der Waals surface area contributed by atoms with Gasteiger partial charge in [-0.25, -0.2) is 0 Å². The molecule has 0 aliphatic heterocycles. The van der Waals surface area contributed by atoms with Crippen molar-refractivity contribution in [1.29, 1.82) is 0 Å². The zero-order chi connectivity index (χ0) is 5.82. The largest absolute Gasteiger partial charge is 1.00 e. The summed E-state index contributed by atoms with van der Waals surface area (Å²) in [6, 6.07) is 9.52. The molecule has 1 aromatic rings. The van der Waals surface area contributed by atoms with Crippen LogP contribution in [-0.2, 0) is 6.61 Å². The molecule has 0 aliphatic rings. The van der Waals surface area contributed by atoms with Gasteiger partial charge in [-0.1, -0.05) is 30.3 Å². The van der Waals surface area contributed by atoms with Crippen LogP contribution >= 0.6 is 0 Å². The molecule has 0 saturated heterocycles. The van der Waals surface area contributed by atoms with Crippen LogP contribution in [0.15, 0.2) is 30.3 Å². The van der Waals surface area contributed by atoms with E-state index in [1.54, 1.807) is 0 Å². The molecule has 0 amide bonds. The topological polar surface area (TPSA) is 20.2 Å². The summed E-state index contributed by atoms with van der Waals surface area (Å²) in [6.07, 6.45) is 0. The van der Waals surface area contributed by atoms with Crippen molar-refractivity contribution in [1.82, 2.24) is 0 Å². The van der Waals surface area contributed by atoms with Crippen LogP contribution in [0.25, 0.3) is 0 Å². The summed E-state index contributed by atoms with van der Waals surface area (Å²) in [7, 11) is 0. The molecule has 1 rings (SSSR count). The Bertz CT molecular complexity index is 155. The predicted octanol–water partition coefficient (Wildman–Crippen LogP) is -1.70. The first-order chi connectivity index (χ1) is 3.93. The quantitative estimate of drug-likeness (QED) is 0.451. The van der Waals surface area contributed by atoms with E-state index in [1.807, 2.05) is 30.3 Å². The van der Waals surface area contributed by atoms with Crippen molar-refractivity contribution in [2.45, 2.75) is 6.61 Å². The normalized spacial score (nSPS) is 8.11. The van der Waals surface area contributed by atoms with Gasteiger partial charge >= 0.3 is 29.6 Å². The van der Waals surface area contributed by atoms with Crippen LogP contribution in [0.4, 0.5) is 0 Å². The Hall–Kier alpha value is 0.180. The van der Waals surface area contributed by atoms with Crippen molar-refractivity contribution in [3.05, 3.63) is 35.9 Å². The van der Waals surface area contributed by atoms with E-state index in [0.29, 0.717) is 0 Å². The molecule has 0 unspecified atom stereocenters. The molecular weight excluding hydrogens is 123 g/mol. The Balaban J connectivity index is 0. The smallest absolute Gasteiger partial charge is 1.00 e. The van der Waals surface area contributed by atoms with Crippen molar-refractivity contribution in [2.24, 2.45) is 0 Å². The molecule has 0 radical (unpaired) electrons. The third-order valence-electron chi connectivity index (χ3n) is 1.03. The molecule has 0 aliphatic carbocycles. The van der Waals surface area contributed by atoms with Crippen LogP contribution in [0.3, 0.4) is 0 Å². The monoisotopic (exact) mass is 132 g/mol. The fourth-order valence-electron chi connectivity index (χ4n) is 0.583. The van der Waals surface area contributed by atoms with Gasteiger partial charge in [0.05, 0.1) is 6.61 Å². The summed E-state index contributed by atoms with van der Waals surface area (Å²) >= 11 is 0. The van der Waals surface area contributed by atoms with E-state index in [1.165, 1.54) is 0 Å². The number of benzene rings is 1. The van der Waals surface area contributed by atoms with Gasteiger partial charge in [0, 0.05) is 0 Å². The van der Waals surface area contributed by atoms with E-state index in [-0.39, 0.29) is 37.6 Å². The van der Waals surface area contributed by atoms with Gasteiger partial charge in [-0.05, 0) is 5.56 Å². The van der Waals surface area contributed by atoms with Gasteiger partial charge in [0.15, 0.2) is 0 Å². The molecule has 0 fully saturated rings. The molecule has 2 heteroatoms. The van der Waals surface area contributed by atoms with Gasteiger partial charge in [-0.2, -0.15) is 0 Å². The molecule has 44 valence electrons. The molecule has 1 nitrogen and oxygen atoms in total. The first kappa shape index (κ1) is 9.18. The maximum absolute atomic E-state index is 8.54. The van der Waals surface area contributed by atoms with Crippen molar-refractivity contribution in [2.75, 3.05) is 0 Å². The molecule has 0 atom stereocenters. The zero-order valence-electron chi connectivity index (χ0n) is 6.54. The Morgan fingerprint density at radius 1 is 1.22 bits per heavy atom. The van der Waals surface area contributed by atoms with Gasteiger partial charge < -0.3 is 6.53 Å². The molecule has 0 bridgehead atoms. The summed E-state index contributed by atoms with van der Waals surface area (Å²) in [5.74, 6) is 0. The third kappa shape index (κ3) is 3.01. The van der Waals surface area contributed by atoms with Crippen LogP contribution in [-0.4, -0.2) is 5.11 Å². The fourth-order valence-corrected chi connectivity index (χ4v) is 0.583. The van der Waals surface area contributed by atoms with Crippen molar-refractivity contribution >= 4 is 0 Å². The standard InChI is InChI=1S/C7H8O.Na.H/c8-6-7-4-2-1-3-5-7;;/h1-5,8H,6H2;;/q;+1;-1. The minimum absolute atomic E-state index is 0. The summed E-state index contributed by atoms with van der Waals surface area (Å²) in [4.78, 5) is 0. The number of hydrogen-bond donors (Lipinski definition) is 1. The molecule has 1 aromatic carbocycles. The predicted molar refractivity (Wildman–Crippen MR) is 33.5 cm³/mol. The second kappa shape index (κ2) is 5.00. The molecular formula is C7H9NaO. The van der Waals surface area contributed by atoms with Crippen LogP contribution in [0.1, 0.15) is 6.99 Å². The Labute approximate surface area is 78.5 Å². The van der Waals surface area contributed by atoms with Gasteiger partial charge in [0.2, 0.25) is 0 Å². The number of rotatable bonds is 1. The minimum Gasteiger partial charge on any atom is -1.00 e. The summed E-state index contributed by atoms with van der Waals surface area (Å²) < 4.78 is 0. The Morgan fingerprint density at radius 3 is 2.11 bits per heavy atom. The maximum atomic E-state index is 8.54. The van der Waals surface area contributed by atoms with E-state index in [4.69, 9.17) is 5.11 Å². The van der Waals surface area contributed by atoms with Crippen molar-refractivity contribution in [3.8, 4) is 0 Å². The SMILES string of the molecule is OCc1ccccc1.[H-].[Na+]. The zero-order valence-corrected chi connectivity index (χ0v) is 7.54. The van der Waals surface area contributed by atoms with Crippen LogP contribution in [0.2, 0.25) is 0 Å². The number of aliphatic hydroxyl groups is 1. The second-order valence-electron chi connectivity index (χ2n) is 1.64. The van der Waals surface area contributed by atoms with Crippen molar-refractivity contribution < 1.29 is 36.1 Å². The summed E-state index contributed by atoms with van der Waals surface area (Å²) in [6.45, 7) is 0.140. The van der Waals surface area contributed by atoms with Gasteiger partial charge in [-0.15, -0.1) is 0 Å². The number of aliphatic hydroxyl groups excluding tert-OH is 1. The van der Waals surface area contributed by atoms with Crippen LogP contribution < -0.4 is 29.6 Å². The van der Waals surface area contributed by atoms with E-state index >= 15 is 0 Å². The van der Waals surface area contributed by atoms with Gasteiger partial charge in [-0.3, -0.25) is 0 Å². The Morgan fingerprint density at radius 2 is 1.78 bits per heavy atom. The number of hydrogen-bond acceptors (Lipinski definition) is 1.